The Morgan fingerprint density at radius 1 is 1.50 bits per heavy atom. The van der Waals surface area contributed by atoms with E-state index in [0.29, 0.717) is 10.8 Å². The molecule has 0 aromatic heterocycles. The highest BCUT2D eigenvalue weighted by Gasteiger charge is 2.16. The van der Waals surface area contributed by atoms with Gasteiger partial charge in [-0.1, -0.05) is 24.6 Å². The van der Waals surface area contributed by atoms with Gasteiger partial charge in [-0.3, -0.25) is 0 Å². The minimum Gasteiger partial charge on any atom is -0.477 e. The first-order valence-corrected chi connectivity index (χ1v) is 5.49. The van der Waals surface area contributed by atoms with Gasteiger partial charge in [0.2, 0.25) is 0 Å². The van der Waals surface area contributed by atoms with Gasteiger partial charge < -0.3 is 9.47 Å². The maximum absolute atomic E-state index is 11.2. The van der Waals surface area contributed by atoms with Crippen molar-refractivity contribution in [1.29, 1.82) is 0 Å². The Kier molecular flexibility index (Phi) is 4.62. The third-order valence-electron chi connectivity index (χ3n) is 2.24. The van der Waals surface area contributed by atoms with Crippen molar-refractivity contribution in [2.24, 2.45) is 0 Å². The Labute approximate surface area is 100 Å². The van der Waals surface area contributed by atoms with Crippen LogP contribution in [0.15, 0.2) is 18.2 Å². The van der Waals surface area contributed by atoms with Gasteiger partial charge in [-0.25, -0.2) is 4.79 Å². The van der Waals surface area contributed by atoms with Gasteiger partial charge in [0.15, 0.2) is 6.10 Å². The molecule has 0 radical (unpaired) electrons. The van der Waals surface area contributed by atoms with Crippen LogP contribution in [0.4, 0.5) is 0 Å². The number of rotatable bonds is 4. The lowest BCUT2D eigenvalue weighted by atomic mass is 10.1. The predicted molar refractivity (Wildman–Crippen MR) is 62.9 cm³/mol. The topological polar surface area (TPSA) is 35.5 Å². The van der Waals surface area contributed by atoms with E-state index in [9.17, 15) is 4.79 Å². The van der Waals surface area contributed by atoms with Gasteiger partial charge in [0, 0.05) is 0 Å². The second kappa shape index (κ2) is 5.75. The van der Waals surface area contributed by atoms with E-state index in [1.165, 1.54) is 7.11 Å². The Morgan fingerprint density at radius 2 is 2.19 bits per heavy atom. The Morgan fingerprint density at radius 3 is 2.75 bits per heavy atom. The third kappa shape index (κ3) is 3.14. The summed E-state index contributed by atoms with van der Waals surface area (Å²) in [4.78, 5) is 11.2. The number of hydrogen-bond donors (Lipinski definition) is 0. The average molecular weight is 243 g/mol. The number of hydrogen-bond acceptors (Lipinski definition) is 3. The van der Waals surface area contributed by atoms with Crippen LogP contribution in [0, 0.1) is 0 Å². The first kappa shape index (κ1) is 12.8. The molecule has 0 spiro atoms. The molecule has 0 saturated heterocycles. The molecule has 88 valence electrons. The second-order valence-electron chi connectivity index (χ2n) is 3.40. The van der Waals surface area contributed by atoms with Crippen LogP contribution in [0.2, 0.25) is 5.02 Å². The summed E-state index contributed by atoms with van der Waals surface area (Å²) in [5.41, 5.74) is 1.11. The molecule has 0 fully saturated rings. The van der Waals surface area contributed by atoms with Crippen LogP contribution in [-0.4, -0.2) is 19.2 Å². The fourth-order valence-electron chi connectivity index (χ4n) is 1.26. The van der Waals surface area contributed by atoms with Crippen LogP contribution in [0.3, 0.4) is 0 Å². The molecule has 4 heteroatoms. The van der Waals surface area contributed by atoms with Crippen molar-refractivity contribution in [3.8, 4) is 5.75 Å². The number of benzene rings is 1. The van der Waals surface area contributed by atoms with E-state index in [1.807, 2.05) is 19.1 Å². The zero-order chi connectivity index (χ0) is 12.1. The molecule has 1 rings (SSSR count). The Balaban J connectivity index is 2.83. The van der Waals surface area contributed by atoms with Gasteiger partial charge in [0.05, 0.1) is 12.1 Å². The van der Waals surface area contributed by atoms with Crippen molar-refractivity contribution in [3.63, 3.8) is 0 Å². The average Bonchev–Trinajstić information content (AvgIpc) is 2.30. The highest BCUT2D eigenvalue weighted by atomic mass is 35.5. The normalized spacial score (nSPS) is 12.0. The lowest BCUT2D eigenvalue weighted by Crippen LogP contribution is -2.25. The molecular formula is C12H15ClO3. The van der Waals surface area contributed by atoms with E-state index < -0.39 is 12.1 Å². The van der Waals surface area contributed by atoms with Gasteiger partial charge in [0.1, 0.15) is 5.75 Å². The number of ether oxygens (including phenoxy) is 2. The van der Waals surface area contributed by atoms with E-state index in [2.05, 4.69) is 4.74 Å². The molecule has 16 heavy (non-hydrogen) atoms. The molecule has 0 unspecified atom stereocenters. The molecule has 1 aromatic rings. The molecule has 0 aliphatic carbocycles. The van der Waals surface area contributed by atoms with Crippen molar-refractivity contribution in [3.05, 3.63) is 28.8 Å². The first-order valence-electron chi connectivity index (χ1n) is 5.11. The van der Waals surface area contributed by atoms with Crippen LogP contribution in [0.5, 0.6) is 5.75 Å². The smallest absolute Gasteiger partial charge is 0.346 e. The van der Waals surface area contributed by atoms with Gasteiger partial charge in [-0.05, 0) is 31.0 Å². The van der Waals surface area contributed by atoms with E-state index in [1.54, 1.807) is 13.0 Å². The van der Waals surface area contributed by atoms with E-state index in [-0.39, 0.29) is 0 Å². The molecule has 0 heterocycles. The third-order valence-corrected chi connectivity index (χ3v) is 2.55. The van der Waals surface area contributed by atoms with Crippen LogP contribution < -0.4 is 4.74 Å². The van der Waals surface area contributed by atoms with Crippen molar-refractivity contribution in [2.45, 2.75) is 26.4 Å². The summed E-state index contributed by atoms with van der Waals surface area (Å²) in [6.45, 7) is 3.66. The number of methoxy groups -OCH3 is 1. The molecule has 0 bridgehead atoms. The van der Waals surface area contributed by atoms with Crippen molar-refractivity contribution in [1.82, 2.24) is 0 Å². The number of carbonyl (C=O) groups is 1. The monoisotopic (exact) mass is 242 g/mol. The molecule has 1 atom stereocenters. The highest BCUT2D eigenvalue weighted by Crippen LogP contribution is 2.26. The van der Waals surface area contributed by atoms with Crippen molar-refractivity contribution >= 4 is 17.6 Å². The molecule has 3 nitrogen and oxygen atoms in total. The summed E-state index contributed by atoms with van der Waals surface area (Å²) in [7, 11) is 1.33. The molecule has 1 aromatic carbocycles. The largest absolute Gasteiger partial charge is 0.477 e. The maximum atomic E-state index is 11.2. The zero-order valence-corrected chi connectivity index (χ0v) is 10.4. The van der Waals surface area contributed by atoms with Gasteiger partial charge in [-0.2, -0.15) is 0 Å². The summed E-state index contributed by atoms with van der Waals surface area (Å²) in [6, 6.07) is 5.53. The van der Waals surface area contributed by atoms with E-state index in [0.717, 1.165) is 12.0 Å². The molecule has 0 N–H and O–H groups in total. The standard InChI is InChI=1S/C12H15ClO3/c1-4-9-5-6-10(13)11(7-9)16-8(2)12(14)15-3/h5-8H,4H2,1-3H3/t8-/m0/s1. The number of esters is 1. The fraction of sp³-hybridized carbons (Fsp3) is 0.417. The minimum absolute atomic E-state index is 0.419. The van der Waals surface area contributed by atoms with Crippen molar-refractivity contribution in [2.75, 3.05) is 7.11 Å². The van der Waals surface area contributed by atoms with Crippen LogP contribution in [-0.2, 0) is 16.0 Å². The zero-order valence-electron chi connectivity index (χ0n) is 9.62. The fourth-order valence-corrected chi connectivity index (χ4v) is 1.42. The van der Waals surface area contributed by atoms with Gasteiger partial charge in [-0.15, -0.1) is 0 Å². The van der Waals surface area contributed by atoms with Crippen LogP contribution in [0.25, 0.3) is 0 Å². The van der Waals surface area contributed by atoms with Crippen molar-refractivity contribution < 1.29 is 14.3 Å². The van der Waals surface area contributed by atoms with E-state index >= 15 is 0 Å². The van der Waals surface area contributed by atoms with E-state index in [4.69, 9.17) is 16.3 Å². The molecular weight excluding hydrogens is 228 g/mol. The molecule has 0 aliphatic rings. The molecule has 0 saturated carbocycles. The van der Waals surface area contributed by atoms with Crippen LogP contribution in [0.1, 0.15) is 19.4 Å². The van der Waals surface area contributed by atoms with Gasteiger partial charge in [0.25, 0.3) is 0 Å². The number of aryl methyl sites for hydroxylation is 1. The summed E-state index contributed by atoms with van der Waals surface area (Å²) in [5.74, 6) is 0.0943. The first-order chi connectivity index (χ1) is 7.58. The predicted octanol–water partition coefficient (Wildman–Crippen LogP) is 2.84. The lowest BCUT2D eigenvalue weighted by Gasteiger charge is -2.14. The Hall–Kier alpha value is -1.22. The highest BCUT2D eigenvalue weighted by molar-refractivity contribution is 6.32. The SMILES string of the molecule is CCc1ccc(Cl)c(O[C@@H](C)C(=O)OC)c1. The molecule has 0 aliphatic heterocycles. The maximum Gasteiger partial charge on any atom is 0.346 e. The Bertz CT molecular complexity index is 377. The summed E-state index contributed by atoms with van der Waals surface area (Å²) in [6.07, 6.45) is 0.231. The number of halogens is 1. The van der Waals surface area contributed by atoms with Crippen LogP contribution >= 0.6 is 11.6 Å². The van der Waals surface area contributed by atoms with Gasteiger partial charge >= 0.3 is 5.97 Å². The number of carbonyl (C=O) groups excluding carboxylic acids is 1. The minimum atomic E-state index is -0.658. The summed E-state index contributed by atoms with van der Waals surface area (Å²) >= 11 is 5.97. The quantitative estimate of drug-likeness (QED) is 0.762. The summed E-state index contributed by atoms with van der Waals surface area (Å²) < 4.78 is 10.0. The lowest BCUT2D eigenvalue weighted by molar-refractivity contribution is -0.147. The second-order valence-corrected chi connectivity index (χ2v) is 3.81. The summed E-state index contributed by atoms with van der Waals surface area (Å²) in [5, 5.41) is 0.493. The molecule has 0 amide bonds.